The monoisotopic (exact) mass is 493 g/mol. The Bertz CT molecular complexity index is 1130. The van der Waals surface area contributed by atoms with E-state index in [0.29, 0.717) is 40.8 Å². The number of hydrogen-bond acceptors (Lipinski definition) is 3. The third-order valence-corrected chi connectivity index (χ3v) is 6.04. The fourth-order valence-electron chi connectivity index (χ4n) is 3.80. The molecule has 0 unspecified atom stereocenters. The highest BCUT2D eigenvalue weighted by Crippen LogP contribution is 2.21. The molecule has 0 bridgehead atoms. The molecule has 0 atom stereocenters. The van der Waals surface area contributed by atoms with Crippen molar-refractivity contribution in [3.63, 3.8) is 0 Å². The SMILES string of the molecule is NC(=O)c1ccc(NC(=O)c2ccc(Cl)cc2)cc1.O=C(O)N1CCC(Cc2ccccc2)CC1. The van der Waals surface area contributed by atoms with Gasteiger partial charge in [-0.15, -0.1) is 0 Å². The Hall–Kier alpha value is -3.84. The first kappa shape index (κ1) is 25.8. The van der Waals surface area contributed by atoms with Gasteiger partial charge in [-0.1, -0.05) is 41.9 Å². The van der Waals surface area contributed by atoms with E-state index in [1.807, 2.05) is 6.07 Å². The molecule has 35 heavy (non-hydrogen) atoms. The number of nitrogens with one attached hydrogen (secondary N) is 1. The number of anilines is 1. The summed E-state index contributed by atoms with van der Waals surface area (Å²) in [6.07, 6.45) is 2.27. The predicted molar refractivity (Wildman–Crippen MR) is 137 cm³/mol. The number of nitrogens with two attached hydrogens (primary N) is 1. The zero-order valence-electron chi connectivity index (χ0n) is 19.2. The van der Waals surface area contributed by atoms with Crippen LogP contribution in [0, 0.1) is 5.92 Å². The molecule has 3 amide bonds. The normalized spacial score (nSPS) is 13.3. The largest absolute Gasteiger partial charge is 0.465 e. The summed E-state index contributed by atoms with van der Waals surface area (Å²) in [6, 6.07) is 23.3. The van der Waals surface area contributed by atoms with E-state index in [9.17, 15) is 14.4 Å². The van der Waals surface area contributed by atoms with Gasteiger partial charge in [0.1, 0.15) is 0 Å². The molecule has 0 radical (unpaired) electrons. The van der Waals surface area contributed by atoms with Crippen LogP contribution in [0.1, 0.15) is 39.1 Å². The second-order valence-electron chi connectivity index (χ2n) is 8.31. The number of likely N-dealkylation sites (tertiary alicyclic amines) is 1. The van der Waals surface area contributed by atoms with Crippen LogP contribution >= 0.6 is 11.6 Å². The lowest BCUT2D eigenvalue weighted by Crippen LogP contribution is -2.37. The van der Waals surface area contributed by atoms with Gasteiger partial charge < -0.3 is 21.1 Å². The minimum absolute atomic E-state index is 0.247. The third-order valence-electron chi connectivity index (χ3n) is 5.79. The maximum atomic E-state index is 11.9. The van der Waals surface area contributed by atoms with E-state index >= 15 is 0 Å². The summed E-state index contributed by atoms with van der Waals surface area (Å²) in [6.45, 7) is 1.37. The third kappa shape index (κ3) is 8.15. The molecule has 0 aromatic heterocycles. The summed E-state index contributed by atoms with van der Waals surface area (Å²) in [5.41, 5.74) is 7.97. The van der Waals surface area contributed by atoms with Crippen molar-refractivity contribution in [3.8, 4) is 0 Å². The number of piperidine rings is 1. The van der Waals surface area contributed by atoms with Crippen LogP contribution in [-0.4, -0.2) is 41.0 Å². The molecule has 1 aliphatic heterocycles. The number of amides is 3. The standard InChI is InChI=1S/C14H11ClN2O2.C13H17NO2/c15-11-5-1-10(2-6-11)14(19)17-12-7-3-9(4-8-12)13(16)18;15-13(16)14-8-6-12(7-9-14)10-11-4-2-1-3-5-11/h1-8H,(H2,16,18)(H,17,19);1-5,12H,6-10H2,(H,15,16). The van der Waals surface area contributed by atoms with E-state index in [-0.39, 0.29) is 5.91 Å². The Morgan fingerprint density at radius 2 is 1.46 bits per heavy atom. The molecule has 0 saturated carbocycles. The highest BCUT2D eigenvalue weighted by atomic mass is 35.5. The average Bonchev–Trinajstić information content (AvgIpc) is 2.86. The van der Waals surface area contributed by atoms with Crippen LogP contribution in [0.25, 0.3) is 0 Å². The van der Waals surface area contributed by atoms with Gasteiger partial charge in [-0.2, -0.15) is 0 Å². The molecule has 7 nitrogen and oxygen atoms in total. The lowest BCUT2D eigenvalue weighted by Gasteiger charge is -2.29. The topological polar surface area (TPSA) is 113 Å². The molecule has 1 heterocycles. The van der Waals surface area contributed by atoms with Gasteiger partial charge in [0, 0.05) is 34.9 Å². The minimum atomic E-state index is -0.779. The van der Waals surface area contributed by atoms with E-state index in [1.54, 1.807) is 48.5 Å². The Morgan fingerprint density at radius 1 is 0.886 bits per heavy atom. The Morgan fingerprint density at radius 3 is 2.00 bits per heavy atom. The molecule has 3 aromatic rings. The van der Waals surface area contributed by atoms with Gasteiger partial charge in [0.05, 0.1) is 0 Å². The van der Waals surface area contributed by atoms with Gasteiger partial charge in [0.25, 0.3) is 5.91 Å². The molecule has 3 aromatic carbocycles. The van der Waals surface area contributed by atoms with Crippen molar-refractivity contribution in [2.45, 2.75) is 19.3 Å². The number of carboxylic acid groups (broad SMARTS) is 1. The smallest absolute Gasteiger partial charge is 0.407 e. The first-order valence-corrected chi connectivity index (χ1v) is 11.7. The summed E-state index contributed by atoms with van der Waals surface area (Å²) >= 11 is 5.75. The zero-order chi connectivity index (χ0) is 25.2. The molecule has 1 saturated heterocycles. The van der Waals surface area contributed by atoms with Crippen molar-refractivity contribution >= 4 is 35.2 Å². The highest BCUT2D eigenvalue weighted by molar-refractivity contribution is 6.30. The fraction of sp³-hybridized carbons (Fsp3) is 0.222. The van der Waals surface area contributed by atoms with Crippen LogP contribution in [0.15, 0.2) is 78.9 Å². The molecular weight excluding hydrogens is 466 g/mol. The van der Waals surface area contributed by atoms with Gasteiger partial charge in [-0.25, -0.2) is 4.79 Å². The maximum absolute atomic E-state index is 11.9. The summed E-state index contributed by atoms with van der Waals surface area (Å²) in [5, 5.41) is 12.1. The maximum Gasteiger partial charge on any atom is 0.407 e. The van der Waals surface area contributed by atoms with Crippen molar-refractivity contribution in [1.82, 2.24) is 4.90 Å². The zero-order valence-corrected chi connectivity index (χ0v) is 19.9. The van der Waals surface area contributed by atoms with Crippen LogP contribution in [0.3, 0.4) is 0 Å². The van der Waals surface area contributed by atoms with E-state index in [0.717, 1.165) is 19.3 Å². The molecule has 182 valence electrons. The summed E-state index contributed by atoms with van der Waals surface area (Å²) in [4.78, 5) is 35.1. The van der Waals surface area contributed by atoms with Gasteiger partial charge in [-0.05, 0) is 79.3 Å². The Labute approximate surface area is 209 Å². The van der Waals surface area contributed by atoms with Crippen molar-refractivity contribution in [1.29, 1.82) is 0 Å². The van der Waals surface area contributed by atoms with Crippen LogP contribution in [0.5, 0.6) is 0 Å². The van der Waals surface area contributed by atoms with E-state index in [2.05, 4.69) is 29.6 Å². The molecule has 0 spiro atoms. The number of benzene rings is 3. The van der Waals surface area contributed by atoms with Gasteiger partial charge in [0.2, 0.25) is 5.91 Å². The Kier molecular flexibility index (Phi) is 9.26. The van der Waals surface area contributed by atoms with E-state index < -0.39 is 12.0 Å². The molecule has 0 aliphatic carbocycles. The molecule has 4 N–H and O–H groups in total. The minimum Gasteiger partial charge on any atom is -0.465 e. The molecule has 1 fully saturated rings. The quantitative estimate of drug-likeness (QED) is 0.447. The second-order valence-corrected chi connectivity index (χ2v) is 8.74. The number of primary amides is 1. The number of rotatable bonds is 5. The van der Waals surface area contributed by atoms with Crippen LogP contribution in [0.2, 0.25) is 5.02 Å². The lowest BCUT2D eigenvalue weighted by molar-refractivity contribution is 0.0998. The van der Waals surface area contributed by atoms with E-state index in [4.69, 9.17) is 22.4 Å². The van der Waals surface area contributed by atoms with E-state index in [1.165, 1.54) is 10.5 Å². The van der Waals surface area contributed by atoms with Gasteiger partial charge in [0.15, 0.2) is 0 Å². The van der Waals surface area contributed by atoms with Crippen LogP contribution in [-0.2, 0) is 6.42 Å². The number of halogens is 1. The Balaban J connectivity index is 0.000000198. The van der Waals surface area contributed by atoms with Crippen molar-refractivity contribution in [3.05, 3.63) is 101 Å². The number of hydrogen-bond donors (Lipinski definition) is 3. The molecular formula is C27H28ClN3O4. The molecule has 1 aliphatic rings. The van der Waals surface area contributed by atoms with Crippen molar-refractivity contribution in [2.75, 3.05) is 18.4 Å². The van der Waals surface area contributed by atoms with Crippen LogP contribution in [0.4, 0.5) is 10.5 Å². The lowest BCUT2D eigenvalue weighted by atomic mass is 9.90. The number of carbonyl (C=O) groups is 3. The summed E-state index contributed by atoms with van der Waals surface area (Å²) in [7, 11) is 0. The first-order chi connectivity index (χ1) is 16.8. The fourth-order valence-corrected chi connectivity index (χ4v) is 3.92. The van der Waals surface area contributed by atoms with Crippen LogP contribution < -0.4 is 11.1 Å². The number of carbonyl (C=O) groups excluding carboxylic acids is 2. The van der Waals surface area contributed by atoms with Crippen molar-refractivity contribution in [2.24, 2.45) is 11.7 Å². The second kappa shape index (κ2) is 12.6. The summed E-state index contributed by atoms with van der Waals surface area (Å²) < 4.78 is 0. The van der Waals surface area contributed by atoms with Crippen molar-refractivity contribution < 1.29 is 19.5 Å². The first-order valence-electron chi connectivity index (χ1n) is 11.3. The van der Waals surface area contributed by atoms with Gasteiger partial charge in [-0.3, -0.25) is 9.59 Å². The average molecular weight is 494 g/mol. The summed E-state index contributed by atoms with van der Waals surface area (Å²) in [5.74, 6) is -0.114. The molecule has 4 rings (SSSR count). The molecule has 8 heteroatoms. The highest BCUT2D eigenvalue weighted by Gasteiger charge is 2.22. The predicted octanol–water partition coefficient (Wildman–Crippen LogP) is 5.31. The van der Waals surface area contributed by atoms with Gasteiger partial charge >= 0.3 is 6.09 Å². The number of nitrogens with zero attached hydrogens (tertiary/aromatic N) is 1.